The smallest absolute Gasteiger partial charge is 0.0613 e. The van der Waals surface area contributed by atoms with Gasteiger partial charge in [0.2, 0.25) is 0 Å². The summed E-state index contributed by atoms with van der Waals surface area (Å²) in [4.78, 5) is 0. The number of rotatable bonds is 4. The normalized spacial score (nSPS) is 30.3. The quantitative estimate of drug-likeness (QED) is 0.894. The first-order valence-corrected chi connectivity index (χ1v) is 7.81. The fraction of sp³-hybridized carbons (Fsp3) is 0.647. The highest BCUT2D eigenvalue weighted by molar-refractivity contribution is 5.32. The molecule has 1 aromatic rings. The van der Waals surface area contributed by atoms with Crippen LogP contribution in [-0.4, -0.2) is 19.3 Å². The van der Waals surface area contributed by atoms with Gasteiger partial charge in [-0.3, -0.25) is 0 Å². The second kappa shape index (κ2) is 6.06. The summed E-state index contributed by atoms with van der Waals surface area (Å²) in [5, 5.41) is 3.80. The molecule has 1 N–H and O–H groups in total. The standard InChI is InChI=1S/C17H25NO/c1-2-17-14(10-11-19-17)12-18-16-9-5-7-13-6-3-4-8-15(13)16/h3-4,6,8,14,16-18H,2,5,7,9-12H2,1H3. The zero-order chi connectivity index (χ0) is 13.1. The second-order valence-electron chi connectivity index (χ2n) is 5.92. The fourth-order valence-electron chi connectivity index (χ4n) is 3.64. The highest BCUT2D eigenvalue weighted by Crippen LogP contribution is 2.30. The third kappa shape index (κ3) is 2.85. The summed E-state index contributed by atoms with van der Waals surface area (Å²) in [5.41, 5.74) is 3.07. The Morgan fingerprint density at radius 2 is 2.16 bits per heavy atom. The maximum atomic E-state index is 5.78. The topological polar surface area (TPSA) is 21.3 Å². The van der Waals surface area contributed by atoms with Crippen LogP contribution in [0.2, 0.25) is 0 Å². The molecule has 1 saturated heterocycles. The van der Waals surface area contributed by atoms with Gasteiger partial charge in [0, 0.05) is 19.2 Å². The van der Waals surface area contributed by atoms with Crippen molar-refractivity contribution < 1.29 is 4.74 Å². The minimum Gasteiger partial charge on any atom is -0.378 e. The molecule has 0 radical (unpaired) electrons. The van der Waals surface area contributed by atoms with E-state index in [1.165, 1.54) is 31.2 Å². The molecule has 0 bridgehead atoms. The molecule has 3 atom stereocenters. The van der Waals surface area contributed by atoms with Gasteiger partial charge in [-0.05, 0) is 49.1 Å². The van der Waals surface area contributed by atoms with E-state index in [2.05, 4.69) is 36.5 Å². The molecule has 19 heavy (non-hydrogen) atoms. The molecule has 0 amide bonds. The molecule has 1 heterocycles. The van der Waals surface area contributed by atoms with Gasteiger partial charge in [0.25, 0.3) is 0 Å². The Bertz CT molecular complexity index is 417. The molecule has 3 rings (SSSR count). The van der Waals surface area contributed by atoms with Crippen molar-refractivity contribution in [3.05, 3.63) is 35.4 Å². The van der Waals surface area contributed by atoms with Crippen LogP contribution < -0.4 is 5.32 Å². The van der Waals surface area contributed by atoms with Crippen molar-refractivity contribution in [1.82, 2.24) is 5.32 Å². The number of hydrogen-bond donors (Lipinski definition) is 1. The zero-order valence-electron chi connectivity index (χ0n) is 11.9. The van der Waals surface area contributed by atoms with E-state index in [1.807, 2.05) is 0 Å². The van der Waals surface area contributed by atoms with Crippen molar-refractivity contribution >= 4 is 0 Å². The molecule has 1 fully saturated rings. The van der Waals surface area contributed by atoms with Gasteiger partial charge in [-0.1, -0.05) is 31.2 Å². The van der Waals surface area contributed by atoms with Gasteiger partial charge in [-0.15, -0.1) is 0 Å². The van der Waals surface area contributed by atoms with Gasteiger partial charge in [0.15, 0.2) is 0 Å². The Morgan fingerprint density at radius 1 is 1.26 bits per heavy atom. The molecule has 2 heteroatoms. The maximum absolute atomic E-state index is 5.78. The summed E-state index contributed by atoms with van der Waals surface area (Å²) in [7, 11) is 0. The monoisotopic (exact) mass is 259 g/mol. The lowest BCUT2D eigenvalue weighted by Gasteiger charge is -2.28. The van der Waals surface area contributed by atoms with Crippen LogP contribution in [0.5, 0.6) is 0 Å². The average Bonchev–Trinajstić information content (AvgIpc) is 2.92. The molecule has 2 nitrogen and oxygen atoms in total. The minimum atomic E-state index is 0.478. The number of hydrogen-bond acceptors (Lipinski definition) is 2. The first-order chi connectivity index (χ1) is 9.38. The van der Waals surface area contributed by atoms with Crippen LogP contribution in [0.1, 0.15) is 49.8 Å². The van der Waals surface area contributed by atoms with Crippen LogP contribution in [-0.2, 0) is 11.2 Å². The molecule has 1 aromatic carbocycles. The molecule has 104 valence electrons. The van der Waals surface area contributed by atoms with Crippen LogP contribution in [0.4, 0.5) is 0 Å². The van der Waals surface area contributed by atoms with Crippen molar-refractivity contribution in [3.63, 3.8) is 0 Å². The third-order valence-corrected chi connectivity index (χ3v) is 4.74. The van der Waals surface area contributed by atoms with E-state index in [9.17, 15) is 0 Å². The number of nitrogens with one attached hydrogen (secondary N) is 1. The van der Waals surface area contributed by atoms with Crippen molar-refractivity contribution in [2.45, 2.75) is 51.2 Å². The SMILES string of the molecule is CCC1OCCC1CNC1CCCc2ccccc21. The Balaban J connectivity index is 1.62. The van der Waals surface area contributed by atoms with Crippen molar-refractivity contribution in [1.29, 1.82) is 0 Å². The largest absolute Gasteiger partial charge is 0.378 e. The second-order valence-corrected chi connectivity index (χ2v) is 5.92. The van der Waals surface area contributed by atoms with Gasteiger partial charge in [0.1, 0.15) is 0 Å². The molecule has 1 aliphatic heterocycles. The van der Waals surface area contributed by atoms with Gasteiger partial charge in [-0.2, -0.15) is 0 Å². The van der Waals surface area contributed by atoms with E-state index in [0.29, 0.717) is 18.1 Å². The predicted octanol–water partition coefficient (Wildman–Crippen LogP) is 3.47. The fourth-order valence-corrected chi connectivity index (χ4v) is 3.64. The van der Waals surface area contributed by atoms with Crippen LogP contribution in [0.25, 0.3) is 0 Å². The van der Waals surface area contributed by atoms with Gasteiger partial charge in [-0.25, -0.2) is 0 Å². The Labute approximate surface area is 116 Å². The molecule has 0 aromatic heterocycles. The Hall–Kier alpha value is -0.860. The van der Waals surface area contributed by atoms with Crippen molar-refractivity contribution in [3.8, 4) is 0 Å². The summed E-state index contributed by atoms with van der Waals surface area (Å²) in [6.07, 6.45) is 6.69. The molecular formula is C17H25NO. The maximum Gasteiger partial charge on any atom is 0.0613 e. The van der Waals surface area contributed by atoms with E-state index in [-0.39, 0.29) is 0 Å². The first kappa shape index (κ1) is 13.1. The highest BCUT2D eigenvalue weighted by Gasteiger charge is 2.28. The number of ether oxygens (including phenoxy) is 1. The lowest BCUT2D eigenvalue weighted by molar-refractivity contribution is 0.0864. The van der Waals surface area contributed by atoms with Gasteiger partial charge >= 0.3 is 0 Å². The van der Waals surface area contributed by atoms with E-state index < -0.39 is 0 Å². The number of aryl methyl sites for hydroxylation is 1. The van der Waals surface area contributed by atoms with Crippen LogP contribution in [0, 0.1) is 5.92 Å². The average molecular weight is 259 g/mol. The minimum absolute atomic E-state index is 0.478. The number of fused-ring (bicyclic) bond motifs is 1. The highest BCUT2D eigenvalue weighted by atomic mass is 16.5. The summed E-state index contributed by atoms with van der Waals surface area (Å²) in [6.45, 7) is 4.29. The molecule has 0 spiro atoms. The summed E-state index contributed by atoms with van der Waals surface area (Å²) in [5.74, 6) is 0.707. The van der Waals surface area contributed by atoms with Crippen LogP contribution in [0.3, 0.4) is 0 Å². The van der Waals surface area contributed by atoms with E-state index in [0.717, 1.165) is 19.6 Å². The Morgan fingerprint density at radius 3 is 3.05 bits per heavy atom. The molecule has 1 aliphatic carbocycles. The van der Waals surface area contributed by atoms with Crippen LogP contribution in [0.15, 0.2) is 24.3 Å². The van der Waals surface area contributed by atoms with Crippen molar-refractivity contribution in [2.75, 3.05) is 13.2 Å². The van der Waals surface area contributed by atoms with Gasteiger partial charge < -0.3 is 10.1 Å². The summed E-state index contributed by atoms with van der Waals surface area (Å²) < 4.78 is 5.78. The summed E-state index contributed by atoms with van der Waals surface area (Å²) >= 11 is 0. The predicted molar refractivity (Wildman–Crippen MR) is 78.3 cm³/mol. The lowest BCUT2D eigenvalue weighted by atomic mass is 9.87. The zero-order valence-corrected chi connectivity index (χ0v) is 11.9. The molecular weight excluding hydrogens is 234 g/mol. The van der Waals surface area contributed by atoms with Crippen LogP contribution >= 0.6 is 0 Å². The molecule has 3 unspecified atom stereocenters. The van der Waals surface area contributed by atoms with E-state index >= 15 is 0 Å². The van der Waals surface area contributed by atoms with E-state index in [4.69, 9.17) is 4.74 Å². The molecule has 0 saturated carbocycles. The third-order valence-electron chi connectivity index (χ3n) is 4.74. The first-order valence-electron chi connectivity index (χ1n) is 7.81. The molecule has 2 aliphatic rings. The van der Waals surface area contributed by atoms with Crippen molar-refractivity contribution in [2.24, 2.45) is 5.92 Å². The Kier molecular flexibility index (Phi) is 4.19. The van der Waals surface area contributed by atoms with Gasteiger partial charge in [0.05, 0.1) is 6.10 Å². The van der Waals surface area contributed by atoms with E-state index in [1.54, 1.807) is 5.56 Å². The lowest BCUT2D eigenvalue weighted by Crippen LogP contribution is -2.32. The number of benzene rings is 1. The summed E-state index contributed by atoms with van der Waals surface area (Å²) in [6, 6.07) is 9.49.